The molecule has 2 saturated heterocycles. The van der Waals surface area contributed by atoms with Gasteiger partial charge in [0.15, 0.2) is 10.9 Å². The predicted octanol–water partition coefficient (Wildman–Crippen LogP) is 5.78. The minimum atomic E-state index is -1.23. The number of rotatable bonds is 13. The third-order valence-electron chi connectivity index (χ3n) is 12.6. The van der Waals surface area contributed by atoms with Gasteiger partial charge in [0.1, 0.15) is 22.6 Å². The molecule has 0 aliphatic carbocycles. The van der Waals surface area contributed by atoms with Crippen molar-refractivity contribution in [2.24, 2.45) is 0 Å². The van der Waals surface area contributed by atoms with Gasteiger partial charge in [-0.1, -0.05) is 23.2 Å². The summed E-state index contributed by atoms with van der Waals surface area (Å²) in [6.45, 7) is 12.8. The van der Waals surface area contributed by atoms with Crippen LogP contribution in [0.2, 0.25) is 10.0 Å². The summed E-state index contributed by atoms with van der Waals surface area (Å²) in [4.78, 5) is 49.5. The topological polar surface area (TPSA) is 181 Å². The summed E-state index contributed by atoms with van der Waals surface area (Å²) >= 11 is 13.1. The molecular formula is C48H59Cl2LiN4O11. The van der Waals surface area contributed by atoms with E-state index in [1.807, 2.05) is 33.6 Å². The SMILES string of the molecule is CCOC(=O)c1cn2c(cc1=O)-c1cc(Cl)c(OCCCOC)cc1[C@H]1CCCC(C)(C)N12.COCCCOc1cc2c(cc1Cl)-c1cc(=O)c(C(=O)O)cn1N1[C@@H]2CCCC1(C)C.[Li+].[OH-]. The number of nitrogens with zero attached hydrogens (tertiary/aromatic N) is 4. The van der Waals surface area contributed by atoms with Crippen LogP contribution in [0.15, 0.2) is 58.4 Å². The molecule has 2 fully saturated rings. The summed E-state index contributed by atoms with van der Waals surface area (Å²) in [6, 6.07) is 10.7. The van der Waals surface area contributed by atoms with Crippen molar-refractivity contribution in [3.05, 3.63) is 102 Å². The van der Waals surface area contributed by atoms with Crippen LogP contribution >= 0.6 is 23.2 Å². The van der Waals surface area contributed by atoms with Crippen molar-refractivity contribution >= 4 is 35.1 Å². The van der Waals surface area contributed by atoms with Gasteiger partial charge in [-0.2, -0.15) is 0 Å². The fourth-order valence-electron chi connectivity index (χ4n) is 9.69. The average Bonchev–Trinajstić information content (AvgIpc) is 3.24. The first-order chi connectivity index (χ1) is 30.5. The Morgan fingerprint density at radius 3 is 1.53 bits per heavy atom. The molecule has 2 N–H and O–H groups in total. The molecule has 0 amide bonds. The number of aromatic nitrogens is 2. The Morgan fingerprint density at radius 1 is 0.697 bits per heavy atom. The maximum absolute atomic E-state index is 12.9. The van der Waals surface area contributed by atoms with Gasteiger partial charge in [0.05, 0.1) is 64.4 Å². The zero-order valence-electron chi connectivity index (χ0n) is 39.1. The van der Waals surface area contributed by atoms with E-state index >= 15 is 0 Å². The van der Waals surface area contributed by atoms with E-state index in [9.17, 15) is 24.3 Å². The number of benzene rings is 2. The molecule has 352 valence electrons. The van der Waals surface area contributed by atoms with Gasteiger partial charge < -0.3 is 34.3 Å². The zero-order chi connectivity index (χ0) is 46.1. The Morgan fingerprint density at radius 2 is 1.12 bits per heavy atom. The summed E-state index contributed by atoms with van der Waals surface area (Å²) in [5.74, 6) is -0.588. The first-order valence-electron chi connectivity index (χ1n) is 22.0. The Kier molecular flexibility index (Phi) is 17.2. The van der Waals surface area contributed by atoms with E-state index in [-0.39, 0.29) is 70.7 Å². The van der Waals surface area contributed by atoms with Gasteiger partial charge in [-0.05, 0) is 109 Å². The second-order valence-electron chi connectivity index (χ2n) is 17.8. The van der Waals surface area contributed by atoms with Crippen molar-refractivity contribution in [3.8, 4) is 34.0 Å². The summed E-state index contributed by atoms with van der Waals surface area (Å²) in [5.41, 5.74) is 3.70. The molecule has 15 nitrogen and oxygen atoms in total. The number of piperidine rings is 2. The number of halogens is 2. The minimum absolute atomic E-state index is 0. The van der Waals surface area contributed by atoms with Gasteiger partial charge >= 0.3 is 30.8 Å². The molecule has 18 heteroatoms. The largest absolute Gasteiger partial charge is 1.00 e. The Balaban J connectivity index is 0.000000241. The summed E-state index contributed by atoms with van der Waals surface area (Å²) in [6.07, 6.45) is 10.5. The van der Waals surface area contributed by atoms with E-state index < -0.39 is 17.4 Å². The third-order valence-corrected chi connectivity index (χ3v) is 13.2. The maximum atomic E-state index is 12.9. The molecule has 2 aromatic carbocycles. The van der Waals surface area contributed by atoms with E-state index in [1.165, 1.54) is 18.3 Å². The Labute approximate surface area is 407 Å². The van der Waals surface area contributed by atoms with Crippen molar-refractivity contribution in [2.45, 2.75) is 109 Å². The molecule has 2 aromatic heterocycles. The van der Waals surface area contributed by atoms with Gasteiger partial charge in [0, 0.05) is 75.9 Å². The summed E-state index contributed by atoms with van der Waals surface area (Å²) < 4.78 is 31.0. The summed E-state index contributed by atoms with van der Waals surface area (Å²) in [7, 11) is 3.32. The molecule has 6 heterocycles. The fourth-order valence-corrected chi connectivity index (χ4v) is 10.1. The maximum Gasteiger partial charge on any atom is 1.00 e. The van der Waals surface area contributed by atoms with Crippen LogP contribution in [0, 0.1) is 0 Å². The first kappa shape index (κ1) is 52.5. The molecule has 0 spiro atoms. The van der Waals surface area contributed by atoms with Gasteiger partial charge in [0.2, 0.25) is 0 Å². The second-order valence-corrected chi connectivity index (χ2v) is 18.7. The first-order valence-corrected chi connectivity index (χ1v) is 22.7. The molecule has 4 aliphatic heterocycles. The molecule has 0 saturated carbocycles. The standard InChI is InChI=1S/C25H31ClN2O5.C23H27ClN2O5.Li.H2O/c1-5-32-24(30)18-15-27-21(14-22(18)29)16-12-19(26)23(33-11-7-10-31-4)13-17(16)20-8-6-9-25(2,3)28(20)27;1-23(2)7-4-6-18-15-11-21(31-9-5-8-30-3)17(24)10-14(15)19-12-20(27)16(22(28)29)13-25(19)26(18)23;;/h12-15,20H,5-11H2,1-4H3;10-13,18H,4-9H2,1-3H3,(H,28,29);;1H2/q;;+1;/p-1/t20-;18-;;/m11../s1. The van der Waals surface area contributed by atoms with E-state index in [0.29, 0.717) is 59.4 Å². The molecular weight excluding hydrogens is 886 g/mol. The van der Waals surface area contributed by atoms with Crippen LogP contribution in [0.25, 0.3) is 22.5 Å². The number of hydrogen-bond acceptors (Lipinski definition) is 12. The third kappa shape index (κ3) is 10.3. The average molecular weight is 946 g/mol. The van der Waals surface area contributed by atoms with Crippen molar-refractivity contribution in [2.75, 3.05) is 57.3 Å². The normalized spacial score (nSPS) is 17.9. The zero-order valence-corrected chi connectivity index (χ0v) is 40.6. The van der Waals surface area contributed by atoms with E-state index in [1.54, 1.807) is 27.3 Å². The van der Waals surface area contributed by atoms with Crippen LogP contribution < -0.4 is 49.2 Å². The van der Waals surface area contributed by atoms with Crippen molar-refractivity contribution in [1.29, 1.82) is 0 Å². The molecule has 0 bridgehead atoms. The Bertz CT molecular complexity index is 2550. The number of pyridine rings is 2. The fraction of sp³-hybridized carbons (Fsp3) is 0.500. The Hall–Kier alpha value is -4.46. The monoisotopic (exact) mass is 944 g/mol. The van der Waals surface area contributed by atoms with Crippen LogP contribution in [0.3, 0.4) is 0 Å². The number of carboxylic acid groups (broad SMARTS) is 1. The van der Waals surface area contributed by atoms with Gasteiger partial charge in [-0.25, -0.2) is 9.59 Å². The van der Waals surface area contributed by atoms with Crippen molar-refractivity contribution < 1.29 is 62.7 Å². The van der Waals surface area contributed by atoms with E-state index in [0.717, 1.165) is 73.6 Å². The quantitative estimate of drug-likeness (QED) is 0.0969. The van der Waals surface area contributed by atoms with Crippen LogP contribution in [0.5, 0.6) is 11.5 Å². The number of carbonyl (C=O) groups excluding carboxylic acids is 1. The minimum Gasteiger partial charge on any atom is -0.870 e. The van der Waals surface area contributed by atoms with Crippen molar-refractivity contribution in [3.63, 3.8) is 0 Å². The number of hydrogen-bond donors (Lipinski definition) is 1. The van der Waals surface area contributed by atoms with Crippen LogP contribution in [-0.2, 0) is 14.2 Å². The summed E-state index contributed by atoms with van der Waals surface area (Å²) in [5, 5.41) is 14.9. The van der Waals surface area contributed by atoms with Crippen LogP contribution in [0.4, 0.5) is 0 Å². The van der Waals surface area contributed by atoms with Gasteiger partial charge in [-0.3, -0.25) is 29.0 Å². The molecule has 0 unspecified atom stereocenters. The van der Waals surface area contributed by atoms with E-state index in [4.69, 9.17) is 46.9 Å². The second kappa shape index (κ2) is 21.7. The number of carboxylic acids is 1. The number of carbonyl (C=O) groups is 2. The van der Waals surface area contributed by atoms with Crippen molar-refractivity contribution in [1.82, 2.24) is 9.35 Å². The molecule has 66 heavy (non-hydrogen) atoms. The molecule has 0 radical (unpaired) electrons. The molecule has 4 aromatic rings. The predicted molar refractivity (Wildman–Crippen MR) is 249 cm³/mol. The number of aromatic carboxylic acids is 1. The number of esters is 1. The van der Waals surface area contributed by atoms with Crippen LogP contribution in [-0.4, -0.2) is 90.2 Å². The molecule has 4 aliphatic rings. The number of ether oxygens (including phenoxy) is 5. The molecule has 8 rings (SSSR count). The molecule has 2 atom stereocenters. The number of methoxy groups -OCH3 is 2. The number of fused-ring (bicyclic) bond motifs is 12. The van der Waals surface area contributed by atoms with Gasteiger partial charge in [0.25, 0.3) is 0 Å². The van der Waals surface area contributed by atoms with Gasteiger partial charge in [-0.15, -0.1) is 0 Å². The van der Waals surface area contributed by atoms with Crippen LogP contribution in [0.1, 0.15) is 130 Å². The smallest absolute Gasteiger partial charge is 0.870 e. The van der Waals surface area contributed by atoms with E-state index in [2.05, 4.69) is 37.7 Å².